The number of benzene rings is 2. The first kappa shape index (κ1) is 20.4. The first-order chi connectivity index (χ1) is 15.1. The summed E-state index contributed by atoms with van der Waals surface area (Å²) in [6, 6.07) is 16.9. The molecule has 31 heavy (non-hydrogen) atoms. The number of nitrogens with zero attached hydrogens (tertiary/aromatic N) is 3. The highest BCUT2D eigenvalue weighted by atomic mass is 32.2. The molecule has 0 fully saturated rings. The maximum Gasteiger partial charge on any atom is 0.270 e. The Kier molecular flexibility index (Phi) is 5.87. The normalized spacial score (nSPS) is 10.6. The molecule has 0 unspecified atom stereocenters. The lowest BCUT2D eigenvalue weighted by atomic mass is 10.0. The lowest BCUT2D eigenvalue weighted by molar-refractivity contribution is 0.297. The van der Waals surface area contributed by atoms with Gasteiger partial charge in [-0.15, -0.1) is 0 Å². The monoisotopic (exact) mass is 430 g/mol. The number of aromatic nitrogens is 3. The summed E-state index contributed by atoms with van der Waals surface area (Å²) in [5.41, 5.74) is 2.07. The van der Waals surface area contributed by atoms with Gasteiger partial charge in [0, 0.05) is 28.8 Å². The van der Waals surface area contributed by atoms with Crippen molar-refractivity contribution in [3.05, 3.63) is 76.2 Å². The van der Waals surface area contributed by atoms with Crippen LogP contribution in [0.2, 0.25) is 0 Å². The number of aromatic amines is 1. The minimum Gasteiger partial charge on any atom is -0.496 e. The molecule has 0 spiro atoms. The molecule has 2 heterocycles. The van der Waals surface area contributed by atoms with Crippen molar-refractivity contribution >= 4 is 22.7 Å². The highest BCUT2D eigenvalue weighted by molar-refractivity contribution is 7.98. The summed E-state index contributed by atoms with van der Waals surface area (Å²) in [6.45, 7) is 0.232. The smallest absolute Gasteiger partial charge is 0.270 e. The van der Waals surface area contributed by atoms with E-state index in [1.54, 1.807) is 31.7 Å². The number of hydrogen-bond donors (Lipinski definition) is 1. The average molecular weight is 430 g/mol. The lowest BCUT2D eigenvalue weighted by Gasteiger charge is -2.13. The van der Waals surface area contributed by atoms with Crippen LogP contribution in [0.4, 0.5) is 0 Å². The van der Waals surface area contributed by atoms with Gasteiger partial charge in [-0.05, 0) is 42.7 Å². The molecule has 0 saturated heterocycles. The second-order valence-electron chi connectivity index (χ2n) is 6.58. The molecule has 0 bridgehead atoms. The number of rotatable bonds is 6. The Hall–Kier alpha value is -3.83. The number of nitrogens with one attached hydrogen (secondary N) is 1. The molecule has 0 aliphatic carbocycles. The fraction of sp³-hybridized carbons (Fsp3) is 0.130. The summed E-state index contributed by atoms with van der Waals surface area (Å²) in [6.07, 6.45) is 3.54. The quantitative estimate of drug-likeness (QED) is 0.362. The van der Waals surface area contributed by atoms with E-state index in [1.165, 1.54) is 11.8 Å². The average Bonchev–Trinajstić information content (AvgIpc) is 2.81. The third-order valence-corrected chi connectivity index (χ3v) is 5.31. The Morgan fingerprint density at radius 1 is 1.19 bits per heavy atom. The summed E-state index contributed by atoms with van der Waals surface area (Å²) >= 11 is 1.30. The van der Waals surface area contributed by atoms with Crippen molar-refractivity contribution < 1.29 is 9.47 Å². The molecule has 2 aromatic carbocycles. The van der Waals surface area contributed by atoms with E-state index in [4.69, 9.17) is 9.47 Å². The standard InChI is InChI=1S/C23H18N4O3S/c1-29-20-8-6-15(21-18(12-24)22(28)27-23(26-21)31-2)10-16(20)13-30-17-7-5-14-4-3-9-25-19(14)11-17/h3-11H,13H2,1-2H3,(H,26,27,28). The molecule has 154 valence electrons. The third-order valence-electron chi connectivity index (χ3n) is 4.73. The van der Waals surface area contributed by atoms with Crippen molar-refractivity contribution in [1.29, 1.82) is 5.26 Å². The molecular weight excluding hydrogens is 412 g/mol. The van der Waals surface area contributed by atoms with Crippen LogP contribution in [0.1, 0.15) is 11.1 Å². The van der Waals surface area contributed by atoms with Gasteiger partial charge in [-0.2, -0.15) is 5.26 Å². The minimum atomic E-state index is -0.464. The van der Waals surface area contributed by atoms with Crippen LogP contribution in [0.5, 0.6) is 11.5 Å². The van der Waals surface area contributed by atoms with Crippen LogP contribution in [0.15, 0.2) is 64.7 Å². The highest BCUT2D eigenvalue weighted by Gasteiger charge is 2.15. The van der Waals surface area contributed by atoms with Gasteiger partial charge in [0.1, 0.15) is 29.7 Å². The number of H-pyrrole nitrogens is 1. The van der Waals surface area contributed by atoms with Crippen molar-refractivity contribution in [2.75, 3.05) is 13.4 Å². The molecule has 0 saturated carbocycles. The summed E-state index contributed by atoms with van der Waals surface area (Å²) in [7, 11) is 1.58. The Morgan fingerprint density at radius 2 is 2.06 bits per heavy atom. The molecule has 0 atom stereocenters. The van der Waals surface area contributed by atoms with Gasteiger partial charge in [-0.25, -0.2) is 4.98 Å². The molecule has 8 heteroatoms. The molecule has 7 nitrogen and oxygen atoms in total. The number of pyridine rings is 1. The second kappa shape index (κ2) is 8.90. The second-order valence-corrected chi connectivity index (χ2v) is 7.38. The minimum absolute atomic E-state index is 0.0320. The number of methoxy groups -OCH3 is 1. The van der Waals surface area contributed by atoms with Gasteiger partial charge in [0.2, 0.25) is 0 Å². The van der Waals surface area contributed by atoms with Gasteiger partial charge in [0.25, 0.3) is 5.56 Å². The molecule has 4 aromatic rings. The highest BCUT2D eigenvalue weighted by Crippen LogP contribution is 2.29. The zero-order chi connectivity index (χ0) is 21.8. The topological polar surface area (TPSA) is 101 Å². The molecule has 0 amide bonds. The molecular formula is C23H18N4O3S. The Morgan fingerprint density at radius 3 is 2.84 bits per heavy atom. The van der Waals surface area contributed by atoms with Crippen LogP contribution < -0.4 is 15.0 Å². The van der Waals surface area contributed by atoms with E-state index in [1.807, 2.05) is 42.5 Å². The Balaban J connectivity index is 1.69. The van der Waals surface area contributed by atoms with E-state index < -0.39 is 5.56 Å². The molecule has 0 aliphatic heterocycles. The van der Waals surface area contributed by atoms with Gasteiger partial charge in [0.05, 0.1) is 18.3 Å². The van der Waals surface area contributed by atoms with Gasteiger partial charge >= 0.3 is 0 Å². The molecule has 1 N–H and O–H groups in total. The van der Waals surface area contributed by atoms with Crippen LogP contribution in [-0.4, -0.2) is 28.3 Å². The summed E-state index contributed by atoms with van der Waals surface area (Å²) in [4.78, 5) is 23.7. The van der Waals surface area contributed by atoms with Crippen molar-refractivity contribution in [3.63, 3.8) is 0 Å². The number of ether oxygens (including phenoxy) is 2. The first-order valence-electron chi connectivity index (χ1n) is 9.36. The largest absolute Gasteiger partial charge is 0.496 e. The molecule has 2 aromatic heterocycles. The van der Waals surface area contributed by atoms with Gasteiger partial charge in [0.15, 0.2) is 5.16 Å². The molecule has 0 radical (unpaired) electrons. The van der Waals surface area contributed by atoms with Crippen LogP contribution in [-0.2, 0) is 6.61 Å². The number of fused-ring (bicyclic) bond motifs is 1. The molecule has 4 rings (SSSR count). The van der Waals surface area contributed by atoms with Crippen LogP contribution in [0.25, 0.3) is 22.2 Å². The van der Waals surface area contributed by atoms with Gasteiger partial charge in [-0.1, -0.05) is 17.8 Å². The fourth-order valence-corrected chi connectivity index (χ4v) is 3.57. The SMILES string of the molecule is COc1ccc(-c2nc(SC)[nH]c(=O)c2C#N)cc1COc1ccc2cccnc2c1. The van der Waals surface area contributed by atoms with E-state index >= 15 is 0 Å². The lowest BCUT2D eigenvalue weighted by Crippen LogP contribution is -2.14. The van der Waals surface area contributed by atoms with Gasteiger partial charge in [-0.3, -0.25) is 9.78 Å². The van der Waals surface area contributed by atoms with E-state index in [0.29, 0.717) is 27.9 Å². The zero-order valence-corrected chi connectivity index (χ0v) is 17.7. The third kappa shape index (κ3) is 4.22. The summed E-state index contributed by atoms with van der Waals surface area (Å²) < 4.78 is 11.5. The van der Waals surface area contributed by atoms with E-state index in [-0.39, 0.29) is 12.2 Å². The molecule has 0 aliphatic rings. The Bertz CT molecular complexity index is 1360. The maximum atomic E-state index is 12.3. The van der Waals surface area contributed by atoms with E-state index in [2.05, 4.69) is 15.0 Å². The predicted molar refractivity (Wildman–Crippen MR) is 119 cm³/mol. The first-order valence-corrected chi connectivity index (χ1v) is 10.6. The van der Waals surface area contributed by atoms with Crippen molar-refractivity contribution in [3.8, 4) is 28.8 Å². The number of hydrogen-bond acceptors (Lipinski definition) is 7. The summed E-state index contributed by atoms with van der Waals surface area (Å²) in [5, 5.41) is 10.9. The van der Waals surface area contributed by atoms with Crippen LogP contribution in [0.3, 0.4) is 0 Å². The van der Waals surface area contributed by atoms with Gasteiger partial charge < -0.3 is 14.5 Å². The van der Waals surface area contributed by atoms with Crippen LogP contribution >= 0.6 is 11.8 Å². The van der Waals surface area contributed by atoms with Crippen molar-refractivity contribution in [1.82, 2.24) is 15.0 Å². The Labute approximate surface area is 182 Å². The fourth-order valence-electron chi connectivity index (χ4n) is 3.20. The zero-order valence-electron chi connectivity index (χ0n) is 16.9. The maximum absolute atomic E-state index is 12.3. The number of nitriles is 1. The number of thioether (sulfide) groups is 1. The van der Waals surface area contributed by atoms with Crippen molar-refractivity contribution in [2.45, 2.75) is 11.8 Å². The van der Waals surface area contributed by atoms with Crippen molar-refractivity contribution in [2.24, 2.45) is 0 Å². The van der Waals surface area contributed by atoms with E-state index in [9.17, 15) is 10.1 Å². The van der Waals surface area contributed by atoms with Crippen LogP contribution in [0, 0.1) is 11.3 Å². The summed E-state index contributed by atoms with van der Waals surface area (Å²) in [5.74, 6) is 1.31. The predicted octanol–water partition coefficient (Wildman–Crippen LogP) is 4.17. The van der Waals surface area contributed by atoms with E-state index in [0.717, 1.165) is 16.5 Å².